The highest BCUT2D eigenvalue weighted by Gasteiger charge is 2.26. The molecule has 0 aliphatic rings. The Kier molecular flexibility index (Phi) is 34.3. The third kappa shape index (κ3) is 38.2. The third-order valence-corrected chi connectivity index (χ3v) is 9.75. The molecule has 2 unspecified atom stereocenters. The van der Waals surface area contributed by atoms with Gasteiger partial charge in [-0.15, -0.1) is 0 Å². The van der Waals surface area contributed by atoms with Gasteiger partial charge in [-0.1, -0.05) is 147 Å². The third-order valence-electron chi connectivity index (χ3n) is 8.77. The number of ether oxygens (including phenoxy) is 2. The molecule has 0 saturated heterocycles. The number of unbranched alkanes of at least 4 members (excludes halogenated alkanes) is 20. The highest BCUT2D eigenvalue weighted by atomic mass is 31.2. The van der Waals surface area contributed by atoms with Crippen molar-refractivity contribution in [3.05, 3.63) is 24.3 Å². The van der Waals surface area contributed by atoms with Gasteiger partial charge in [-0.3, -0.25) is 13.8 Å². The number of hydrogen-bond acceptors (Lipinski definition) is 6. The van der Waals surface area contributed by atoms with Gasteiger partial charge in [0.25, 0.3) is 0 Å². The van der Waals surface area contributed by atoms with Crippen molar-refractivity contribution in [3.8, 4) is 0 Å². The molecule has 0 bridgehead atoms. The summed E-state index contributed by atoms with van der Waals surface area (Å²) in [6, 6.07) is 0. The number of carbonyl (C=O) groups excluding carboxylic acids is 1. The van der Waals surface area contributed by atoms with E-state index in [1.807, 2.05) is 21.1 Å². The largest absolute Gasteiger partial charge is 0.472 e. The maximum Gasteiger partial charge on any atom is 0.472 e. The van der Waals surface area contributed by atoms with Gasteiger partial charge in [0.05, 0.1) is 34.4 Å². The second kappa shape index (κ2) is 35.0. The van der Waals surface area contributed by atoms with Crippen LogP contribution < -0.4 is 0 Å². The van der Waals surface area contributed by atoms with E-state index < -0.39 is 13.9 Å². The maximum absolute atomic E-state index is 12.6. The zero-order valence-corrected chi connectivity index (χ0v) is 34.3. The summed E-state index contributed by atoms with van der Waals surface area (Å²) in [5, 5.41) is 0. The van der Waals surface area contributed by atoms with Crippen LogP contribution in [0.25, 0.3) is 0 Å². The SMILES string of the molecule is CCCCC/C=C\C/C=C\CCCCCCCC(=O)OC(COCCCCCCCCCCCCCCC)COP(=O)(O)OCC[N+](C)(C)C. The number of phosphoric acid groups is 1. The van der Waals surface area contributed by atoms with Crippen molar-refractivity contribution in [1.82, 2.24) is 0 Å². The van der Waals surface area contributed by atoms with Gasteiger partial charge < -0.3 is 18.9 Å². The molecule has 0 spiro atoms. The lowest BCUT2D eigenvalue weighted by Crippen LogP contribution is -2.37. The first-order valence-electron chi connectivity index (χ1n) is 20.6. The quantitative estimate of drug-likeness (QED) is 0.0222. The fourth-order valence-electron chi connectivity index (χ4n) is 5.52. The van der Waals surface area contributed by atoms with Crippen LogP contribution in [0.15, 0.2) is 24.3 Å². The summed E-state index contributed by atoms with van der Waals surface area (Å²) in [5.41, 5.74) is 0. The summed E-state index contributed by atoms with van der Waals surface area (Å²) in [4.78, 5) is 22.8. The molecule has 50 heavy (non-hydrogen) atoms. The van der Waals surface area contributed by atoms with Crippen molar-refractivity contribution in [2.45, 2.75) is 180 Å². The van der Waals surface area contributed by atoms with Gasteiger partial charge in [-0.2, -0.15) is 0 Å². The first kappa shape index (κ1) is 49.0. The predicted octanol–water partition coefficient (Wildman–Crippen LogP) is 11.7. The van der Waals surface area contributed by atoms with E-state index in [1.165, 1.54) is 96.3 Å². The van der Waals surface area contributed by atoms with Crippen molar-refractivity contribution >= 4 is 13.8 Å². The van der Waals surface area contributed by atoms with Gasteiger partial charge in [-0.25, -0.2) is 4.57 Å². The first-order valence-corrected chi connectivity index (χ1v) is 22.1. The molecule has 2 atom stereocenters. The van der Waals surface area contributed by atoms with E-state index in [0.29, 0.717) is 24.1 Å². The first-order chi connectivity index (χ1) is 24.1. The van der Waals surface area contributed by atoms with Crippen LogP contribution in [-0.2, 0) is 27.9 Å². The van der Waals surface area contributed by atoms with Crippen LogP contribution in [0, 0.1) is 0 Å². The van der Waals surface area contributed by atoms with Crippen LogP contribution in [-0.4, -0.2) is 75.6 Å². The molecule has 0 aromatic rings. The minimum atomic E-state index is -4.27. The second-order valence-electron chi connectivity index (χ2n) is 15.0. The summed E-state index contributed by atoms with van der Waals surface area (Å²) >= 11 is 0. The van der Waals surface area contributed by atoms with Gasteiger partial charge in [0.15, 0.2) is 0 Å². The van der Waals surface area contributed by atoms with Crippen molar-refractivity contribution in [1.29, 1.82) is 0 Å². The van der Waals surface area contributed by atoms with Gasteiger partial charge >= 0.3 is 13.8 Å². The Bertz CT molecular complexity index is 858. The molecule has 0 fully saturated rings. The summed E-state index contributed by atoms with van der Waals surface area (Å²) in [7, 11) is 1.66. The summed E-state index contributed by atoms with van der Waals surface area (Å²) in [6.45, 7) is 5.59. The second-order valence-corrected chi connectivity index (χ2v) is 16.5. The fourth-order valence-corrected chi connectivity index (χ4v) is 6.26. The molecule has 0 amide bonds. The number of nitrogens with zero attached hydrogens (tertiary/aromatic N) is 1. The topological polar surface area (TPSA) is 91.3 Å². The molecule has 8 nitrogen and oxygen atoms in total. The van der Waals surface area contributed by atoms with Crippen LogP contribution in [0.1, 0.15) is 174 Å². The number of hydrogen-bond donors (Lipinski definition) is 1. The lowest BCUT2D eigenvalue weighted by Gasteiger charge is -2.24. The van der Waals surface area contributed by atoms with E-state index >= 15 is 0 Å². The van der Waals surface area contributed by atoms with Gasteiger partial charge in [0, 0.05) is 13.0 Å². The van der Waals surface area contributed by atoms with E-state index in [4.69, 9.17) is 18.5 Å². The highest BCUT2D eigenvalue weighted by Crippen LogP contribution is 2.43. The number of rotatable bonds is 38. The Labute approximate surface area is 309 Å². The standard InChI is InChI=1S/C41H80NO7P/c1-6-8-10-12-14-16-18-20-21-22-24-26-28-30-32-34-41(43)49-40(39-48-50(44,45)47-37-35-42(3,4)5)38-46-36-33-31-29-27-25-23-19-17-15-13-11-9-7-2/h14,16,20-21,40H,6-13,15,17-19,22-39H2,1-5H3/p+1/b16-14-,21-20-. The molecule has 0 radical (unpaired) electrons. The number of esters is 1. The number of quaternary nitrogens is 1. The zero-order valence-electron chi connectivity index (χ0n) is 33.4. The number of likely N-dealkylation sites (N-methyl/N-ethyl adjacent to an activating group) is 1. The number of phosphoric ester groups is 1. The van der Waals surface area contributed by atoms with Crippen molar-refractivity contribution < 1.29 is 37.3 Å². The predicted molar refractivity (Wildman–Crippen MR) is 210 cm³/mol. The van der Waals surface area contributed by atoms with Crippen LogP contribution in [0.2, 0.25) is 0 Å². The van der Waals surface area contributed by atoms with Crippen LogP contribution >= 0.6 is 7.82 Å². The zero-order chi connectivity index (χ0) is 37.0. The average Bonchev–Trinajstić information content (AvgIpc) is 3.06. The molecule has 0 heterocycles. The van der Waals surface area contributed by atoms with Crippen LogP contribution in [0.5, 0.6) is 0 Å². The van der Waals surface area contributed by atoms with Gasteiger partial charge in [-0.05, 0) is 44.9 Å². The lowest BCUT2D eigenvalue weighted by molar-refractivity contribution is -0.870. The summed E-state index contributed by atoms with van der Waals surface area (Å²) < 4.78 is 34.9. The molecular weight excluding hydrogens is 649 g/mol. The minimum Gasteiger partial charge on any atom is -0.457 e. The molecule has 0 aromatic carbocycles. The summed E-state index contributed by atoms with van der Waals surface area (Å²) in [6.07, 6.45) is 37.7. The summed E-state index contributed by atoms with van der Waals surface area (Å²) in [5.74, 6) is -0.326. The molecular formula is C41H81NO7P+. The van der Waals surface area contributed by atoms with E-state index in [9.17, 15) is 14.3 Å². The molecule has 1 N–H and O–H groups in total. The molecule has 0 rings (SSSR count). The van der Waals surface area contributed by atoms with E-state index in [2.05, 4.69) is 38.2 Å². The monoisotopic (exact) mass is 731 g/mol. The normalized spacial score (nSPS) is 14.1. The smallest absolute Gasteiger partial charge is 0.457 e. The molecule has 0 aliphatic heterocycles. The molecule has 9 heteroatoms. The highest BCUT2D eigenvalue weighted by molar-refractivity contribution is 7.47. The average molecular weight is 731 g/mol. The van der Waals surface area contributed by atoms with E-state index in [-0.39, 0.29) is 25.8 Å². The molecule has 296 valence electrons. The molecule has 0 aromatic heterocycles. The Balaban J connectivity index is 4.29. The Morgan fingerprint density at radius 1 is 0.620 bits per heavy atom. The van der Waals surface area contributed by atoms with Crippen molar-refractivity contribution in [2.24, 2.45) is 0 Å². The Morgan fingerprint density at radius 3 is 1.66 bits per heavy atom. The van der Waals surface area contributed by atoms with Crippen LogP contribution in [0.3, 0.4) is 0 Å². The number of allylic oxidation sites excluding steroid dienone is 4. The Hall–Kier alpha value is -1.02. The van der Waals surface area contributed by atoms with Gasteiger partial charge in [0.2, 0.25) is 0 Å². The van der Waals surface area contributed by atoms with Crippen LogP contribution in [0.4, 0.5) is 0 Å². The van der Waals surface area contributed by atoms with Gasteiger partial charge in [0.1, 0.15) is 19.3 Å². The van der Waals surface area contributed by atoms with Crippen molar-refractivity contribution in [2.75, 3.05) is 54.1 Å². The maximum atomic E-state index is 12.6. The fraction of sp³-hybridized carbons (Fsp3) is 0.878. The number of carbonyl (C=O) groups is 1. The molecule has 0 saturated carbocycles. The van der Waals surface area contributed by atoms with Crippen molar-refractivity contribution in [3.63, 3.8) is 0 Å². The lowest BCUT2D eigenvalue weighted by atomic mass is 10.0. The minimum absolute atomic E-state index is 0.0874. The Morgan fingerprint density at radius 2 is 1.10 bits per heavy atom. The molecule has 0 aliphatic carbocycles. The van der Waals surface area contributed by atoms with E-state index in [1.54, 1.807) is 0 Å². The van der Waals surface area contributed by atoms with E-state index in [0.717, 1.165) is 57.8 Å².